The lowest BCUT2D eigenvalue weighted by atomic mass is 9.86. The summed E-state index contributed by atoms with van der Waals surface area (Å²) in [6, 6.07) is 11.8. The fourth-order valence-electron chi connectivity index (χ4n) is 2.57. The predicted octanol–water partition coefficient (Wildman–Crippen LogP) is 4.05. The van der Waals surface area contributed by atoms with Crippen molar-refractivity contribution in [2.45, 2.75) is 12.8 Å². The van der Waals surface area contributed by atoms with Crippen LogP contribution in [0.3, 0.4) is 0 Å². The zero-order valence-corrected chi connectivity index (χ0v) is 11.7. The van der Waals surface area contributed by atoms with Gasteiger partial charge in [-0.15, -0.1) is 0 Å². The summed E-state index contributed by atoms with van der Waals surface area (Å²) in [7, 11) is 1.59. The van der Waals surface area contributed by atoms with Crippen LogP contribution in [0.2, 0.25) is 0 Å². The van der Waals surface area contributed by atoms with Crippen molar-refractivity contribution in [2.24, 2.45) is 0 Å². The highest BCUT2D eigenvalue weighted by Crippen LogP contribution is 2.29. The van der Waals surface area contributed by atoms with Crippen molar-refractivity contribution in [3.8, 4) is 5.75 Å². The number of aryl methyl sites for hydroxylation is 1. The maximum atomic E-state index is 12.9. The number of rotatable bonds is 2. The number of halogens is 1. The molecule has 0 atom stereocenters. The third kappa shape index (κ3) is 2.72. The van der Waals surface area contributed by atoms with E-state index in [1.165, 1.54) is 12.1 Å². The number of hydrogen-bond acceptors (Lipinski definition) is 2. The Morgan fingerprint density at radius 1 is 1.10 bits per heavy atom. The number of fused-ring (bicyclic) bond motifs is 1. The number of allylic oxidation sites excluding steroid dienone is 1. The number of ether oxygens (including phenoxy) is 1. The van der Waals surface area contributed by atoms with Gasteiger partial charge in [0.15, 0.2) is 5.78 Å². The van der Waals surface area contributed by atoms with Gasteiger partial charge < -0.3 is 4.74 Å². The van der Waals surface area contributed by atoms with E-state index >= 15 is 0 Å². The molecular weight excluding hydrogens is 267 g/mol. The number of methoxy groups -OCH3 is 1. The van der Waals surface area contributed by atoms with Crippen molar-refractivity contribution in [2.75, 3.05) is 7.11 Å². The molecule has 2 aromatic carbocycles. The lowest BCUT2D eigenvalue weighted by Crippen LogP contribution is -2.14. The number of Topliss-reactive ketones (excluding diaryl/α,β-unsaturated/α-hetero) is 1. The molecule has 0 N–H and O–H groups in total. The molecule has 0 unspecified atom stereocenters. The van der Waals surface area contributed by atoms with Gasteiger partial charge in [0.2, 0.25) is 0 Å². The lowest BCUT2D eigenvalue weighted by Gasteiger charge is -2.18. The molecule has 2 aromatic rings. The lowest BCUT2D eigenvalue weighted by molar-refractivity contribution is 0.102. The molecule has 0 bridgehead atoms. The second kappa shape index (κ2) is 5.52. The first-order valence-electron chi connectivity index (χ1n) is 6.85. The Labute approximate surface area is 122 Å². The summed E-state index contributed by atoms with van der Waals surface area (Å²) in [6.45, 7) is 0. The maximum absolute atomic E-state index is 12.9. The number of ketones is 1. The Balaban J connectivity index is 1.96. The molecule has 3 rings (SSSR count). The van der Waals surface area contributed by atoms with Gasteiger partial charge in [-0.2, -0.15) is 0 Å². The highest BCUT2D eigenvalue weighted by molar-refractivity contribution is 6.13. The fourth-order valence-corrected chi connectivity index (χ4v) is 2.57. The van der Waals surface area contributed by atoms with E-state index in [9.17, 15) is 9.18 Å². The maximum Gasteiger partial charge on any atom is 0.189 e. The normalized spacial score (nSPS) is 15.9. The van der Waals surface area contributed by atoms with Crippen LogP contribution in [0.5, 0.6) is 5.75 Å². The number of carbonyl (C=O) groups excluding carboxylic acids is 1. The van der Waals surface area contributed by atoms with Gasteiger partial charge in [0.1, 0.15) is 11.6 Å². The summed E-state index contributed by atoms with van der Waals surface area (Å²) in [5.41, 5.74) is 3.35. The SMILES string of the molecule is COc1ccc2c(c1)C(=O)/C(=C/c1ccc(F)cc1)CC2. The zero-order chi connectivity index (χ0) is 14.8. The Hall–Kier alpha value is -2.42. The average molecular weight is 282 g/mol. The second-order valence-electron chi connectivity index (χ2n) is 5.07. The number of carbonyl (C=O) groups is 1. The topological polar surface area (TPSA) is 26.3 Å². The fraction of sp³-hybridized carbons (Fsp3) is 0.167. The minimum Gasteiger partial charge on any atom is -0.497 e. The molecule has 1 aliphatic carbocycles. The first-order valence-corrected chi connectivity index (χ1v) is 6.85. The molecule has 21 heavy (non-hydrogen) atoms. The van der Waals surface area contributed by atoms with Crippen LogP contribution in [0.4, 0.5) is 4.39 Å². The second-order valence-corrected chi connectivity index (χ2v) is 5.07. The van der Waals surface area contributed by atoms with Crippen LogP contribution in [0.1, 0.15) is 27.9 Å². The van der Waals surface area contributed by atoms with Crippen LogP contribution in [0.25, 0.3) is 6.08 Å². The van der Waals surface area contributed by atoms with E-state index in [0.717, 1.165) is 23.1 Å². The van der Waals surface area contributed by atoms with E-state index in [0.29, 0.717) is 17.7 Å². The summed E-state index contributed by atoms with van der Waals surface area (Å²) < 4.78 is 18.1. The van der Waals surface area contributed by atoms with Crippen LogP contribution in [0, 0.1) is 5.82 Å². The molecule has 0 amide bonds. The van der Waals surface area contributed by atoms with Gasteiger partial charge in [0.05, 0.1) is 7.11 Å². The molecule has 0 spiro atoms. The summed E-state index contributed by atoms with van der Waals surface area (Å²) >= 11 is 0. The highest BCUT2D eigenvalue weighted by atomic mass is 19.1. The quantitative estimate of drug-likeness (QED) is 0.777. The van der Waals surface area contributed by atoms with E-state index in [4.69, 9.17) is 4.74 Å². The molecule has 0 aromatic heterocycles. The zero-order valence-electron chi connectivity index (χ0n) is 11.7. The predicted molar refractivity (Wildman–Crippen MR) is 80.0 cm³/mol. The van der Waals surface area contributed by atoms with Crippen LogP contribution in [0.15, 0.2) is 48.0 Å². The molecule has 0 fully saturated rings. The van der Waals surface area contributed by atoms with E-state index in [1.807, 2.05) is 18.2 Å². The summed E-state index contributed by atoms with van der Waals surface area (Å²) in [4.78, 5) is 12.6. The summed E-state index contributed by atoms with van der Waals surface area (Å²) in [6.07, 6.45) is 3.37. The van der Waals surface area contributed by atoms with Crippen molar-refractivity contribution < 1.29 is 13.9 Å². The molecule has 0 saturated carbocycles. The molecule has 3 heteroatoms. The standard InChI is InChI=1S/C18H15FO2/c1-21-16-9-6-13-4-5-14(18(20)17(13)11-16)10-12-2-7-15(19)8-3-12/h2-3,6-11H,4-5H2,1H3/b14-10+. The number of hydrogen-bond donors (Lipinski definition) is 0. The molecular formula is C18H15FO2. The Morgan fingerprint density at radius 2 is 1.86 bits per heavy atom. The smallest absolute Gasteiger partial charge is 0.189 e. The number of benzene rings is 2. The summed E-state index contributed by atoms with van der Waals surface area (Å²) in [5, 5.41) is 0. The molecule has 0 heterocycles. The van der Waals surface area contributed by atoms with Crippen LogP contribution in [-0.4, -0.2) is 12.9 Å². The molecule has 0 aliphatic heterocycles. The molecule has 0 radical (unpaired) electrons. The first kappa shape index (κ1) is 13.6. The largest absolute Gasteiger partial charge is 0.497 e. The minimum atomic E-state index is -0.276. The van der Waals surface area contributed by atoms with Crippen molar-refractivity contribution in [1.29, 1.82) is 0 Å². The van der Waals surface area contributed by atoms with Gasteiger partial charge in [-0.3, -0.25) is 4.79 Å². The average Bonchev–Trinajstić information content (AvgIpc) is 2.52. The minimum absolute atomic E-state index is 0.0273. The van der Waals surface area contributed by atoms with Gasteiger partial charge in [-0.05, 0) is 54.3 Å². The molecule has 2 nitrogen and oxygen atoms in total. The van der Waals surface area contributed by atoms with Crippen molar-refractivity contribution in [3.63, 3.8) is 0 Å². The van der Waals surface area contributed by atoms with E-state index in [1.54, 1.807) is 25.3 Å². The summed E-state index contributed by atoms with van der Waals surface area (Å²) in [5.74, 6) is 0.437. The van der Waals surface area contributed by atoms with E-state index in [2.05, 4.69) is 0 Å². The monoisotopic (exact) mass is 282 g/mol. The van der Waals surface area contributed by atoms with Crippen LogP contribution >= 0.6 is 0 Å². The van der Waals surface area contributed by atoms with Gasteiger partial charge >= 0.3 is 0 Å². The molecule has 0 saturated heterocycles. The Kier molecular flexibility index (Phi) is 3.57. The van der Waals surface area contributed by atoms with E-state index in [-0.39, 0.29) is 11.6 Å². The highest BCUT2D eigenvalue weighted by Gasteiger charge is 2.22. The Bertz CT molecular complexity index is 714. The third-order valence-electron chi connectivity index (χ3n) is 3.73. The van der Waals surface area contributed by atoms with Crippen molar-refractivity contribution in [1.82, 2.24) is 0 Å². The van der Waals surface area contributed by atoms with Gasteiger partial charge in [-0.25, -0.2) is 4.39 Å². The van der Waals surface area contributed by atoms with Gasteiger partial charge in [0, 0.05) is 11.1 Å². The Morgan fingerprint density at radius 3 is 2.57 bits per heavy atom. The molecule has 1 aliphatic rings. The molecule has 106 valence electrons. The third-order valence-corrected chi connectivity index (χ3v) is 3.73. The first-order chi connectivity index (χ1) is 10.2. The van der Waals surface area contributed by atoms with E-state index < -0.39 is 0 Å². The van der Waals surface area contributed by atoms with Gasteiger partial charge in [0.25, 0.3) is 0 Å². The van der Waals surface area contributed by atoms with Gasteiger partial charge in [-0.1, -0.05) is 18.2 Å². The van der Waals surface area contributed by atoms with Crippen LogP contribution in [-0.2, 0) is 6.42 Å². The van der Waals surface area contributed by atoms with Crippen LogP contribution < -0.4 is 4.74 Å². The van der Waals surface area contributed by atoms with Crippen molar-refractivity contribution >= 4 is 11.9 Å². The van der Waals surface area contributed by atoms with Crippen molar-refractivity contribution in [3.05, 3.63) is 70.5 Å².